The van der Waals surface area contributed by atoms with Crippen LogP contribution in [0, 0.1) is 12.8 Å². The molecule has 1 fully saturated rings. The Morgan fingerprint density at radius 3 is 2.59 bits per heavy atom. The van der Waals surface area contributed by atoms with E-state index in [4.69, 9.17) is 4.98 Å². The number of aryl methyl sites for hydroxylation is 1. The lowest BCUT2D eigenvalue weighted by Crippen LogP contribution is -2.16. The highest BCUT2D eigenvalue weighted by molar-refractivity contribution is 7.27. The van der Waals surface area contributed by atoms with Crippen molar-refractivity contribution in [3.63, 3.8) is 0 Å². The summed E-state index contributed by atoms with van der Waals surface area (Å²) < 4.78 is 2.21. The minimum Gasteiger partial charge on any atom is -0.300 e. The highest BCUT2D eigenvalue weighted by Gasteiger charge is 2.24. The third kappa shape index (κ3) is 2.94. The summed E-state index contributed by atoms with van der Waals surface area (Å²) in [7, 11) is 2.70. The Morgan fingerprint density at radius 2 is 1.95 bits per heavy atom. The van der Waals surface area contributed by atoms with Crippen molar-refractivity contribution >= 4 is 26.0 Å². The molecule has 2 aromatic heterocycles. The number of rotatable bonds is 2. The maximum absolute atomic E-state index is 11.6. The van der Waals surface area contributed by atoms with Gasteiger partial charge in [-0.3, -0.25) is 14.2 Å². The molecule has 3 rings (SSSR count). The number of fused-ring (bicyclic) bond motifs is 1. The Balaban J connectivity index is 1.86. The van der Waals surface area contributed by atoms with Gasteiger partial charge in [0.25, 0.3) is 0 Å². The molecule has 0 N–H and O–H groups in total. The Morgan fingerprint density at radius 1 is 1.27 bits per heavy atom. The molecule has 4 nitrogen and oxygen atoms in total. The van der Waals surface area contributed by atoms with Crippen molar-refractivity contribution in [3.8, 4) is 0 Å². The molecule has 22 heavy (non-hydrogen) atoms. The van der Waals surface area contributed by atoms with Crippen molar-refractivity contribution in [2.75, 3.05) is 0 Å². The van der Waals surface area contributed by atoms with E-state index >= 15 is 0 Å². The normalized spacial score (nSPS) is 23.2. The van der Waals surface area contributed by atoms with Gasteiger partial charge >= 0.3 is 0 Å². The molecule has 1 aliphatic rings. The van der Waals surface area contributed by atoms with Gasteiger partial charge in [-0.05, 0) is 39.5 Å². The predicted molar refractivity (Wildman–Crippen MR) is 91.7 cm³/mol. The molecule has 118 valence electrons. The van der Waals surface area contributed by atoms with Crippen LogP contribution >= 0.6 is 9.24 Å². The summed E-state index contributed by atoms with van der Waals surface area (Å²) in [6.45, 7) is 3.80. The van der Waals surface area contributed by atoms with Gasteiger partial charge in [-0.1, -0.05) is 22.1 Å². The molecule has 0 amide bonds. The average Bonchev–Trinajstić information content (AvgIpc) is 2.77. The molecule has 1 aliphatic carbocycles. The van der Waals surface area contributed by atoms with E-state index in [1.807, 2.05) is 12.4 Å². The van der Waals surface area contributed by atoms with Crippen LogP contribution < -0.4 is 5.44 Å². The first kappa shape index (κ1) is 15.6. The highest BCUT2D eigenvalue weighted by atomic mass is 31.0. The van der Waals surface area contributed by atoms with Crippen molar-refractivity contribution in [1.29, 1.82) is 0 Å². The van der Waals surface area contributed by atoms with Crippen molar-refractivity contribution in [1.82, 2.24) is 14.4 Å². The van der Waals surface area contributed by atoms with Crippen LogP contribution in [0.15, 0.2) is 12.4 Å². The summed E-state index contributed by atoms with van der Waals surface area (Å²) in [4.78, 5) is 20.8. The van der Waals surface area contributed by atoms with Gasteiger partial charge < -0.3 is 0 Å². The quantitative estimate of drug-likeness (QED) is 0.799. The third-order valence-electron chi connectivity index (χ3n) is 4.94. The Kier molecular flexibility index (Phi) is 4.58. The molecule has 2 heterocycles. The smallest absolute Gasteiger partial charge is 0.132 e. The summed E-state index contributed by atoms with van der Waals surface area (Å²) in [5.41, 5.74) is 3.13. The van der Waals surface area contributed by atoms with Crippen LogP contribution in [0.3, 0.4) is 0 Å². The molecule has 0 radical (unpaired) electrons. The van der Waals surface area contributed by atoms with Gasteiger partial charge in [-0.15, -0.1) is 0 Å². The van der Waals surface area contributed by atoms with Crippen molar-refractivity contribution in [2.24, 2.45) is 5.92 Å². The first-order chi connectivity index (χ1) is 10.6. The lowest BCUT2D eigenvalue weighted by Gasteiger charge is -2.22. The summed E-state index contributed by atoms with van der Waals surface area (Å²) >= 11 is 0. The summed E-state index contributed by atoms with van der Waals surface area (Å²) in [6, 6.07) is 0. The molecule has 0 aromatic carbocycles. The predicted octanol–water partition coefficient (Wildman–Crippen LogP) is 3.18. The van der Waals surface area contributed by atoms with E-state index in [0.29, 0.717) is 11.7 Å². The van der Waals surface area contributed by atoms with E-state index in [2.05, 4.69) is 25.5 Å². The zero-order chi connectivity index (χ0) is 15.7. The fourth-order valence-corrected chi connectivity index (χ4v) is 4.17. The molecule has 0 saturated heterocycles. The van der Waals surface area contributed by atoms with E-state index in [0.717, 1.165) is 55.2 Å². The summed E-state index contributed by atoms with van der Waals surface area (Å²) in [6.07, 6.45) is 10.4. The third-order valence-corrected chi connectivity index (χ3v) is 5.36. The molecule has 0 aliphatic heterocycles. The number of hydrogen-bond donors (Lipinski definition) is 0. The minimum absolute atomic E-state index is 0.280. The maximum Gasteiger partial charge on any atom is 0.132 e. The standard InChI is InChI=1S/C17H24N3OP/c1-11-15-17(22)18-9-10-20(15)16(19-11)14-7-3-5-13(12(2)21)6-4-8-14/h9-10,13-14H,3-8,22H2,1-2H3. The van der Waals surface area contributed by atoms with Gasteiger partial charge in [-0.2, -0.15) is 0 Å². The SMILES string of the molecule is CC(=O)C1CCCC(c2nc(C)c3c(P)nccn23)CCC1. The van der Waals surface area contributed by atoms with E-state index in [9.17, 15) is 4.79 Å². The number of ketones is 1. The summed E-state index contributed by atoms with van der Waals surface area (Å²) in [5.74, 6) is 2.29. The molecule has 0 spiro atoms. The van der Waals surface area contributed by atoms with Crippen LogP contribution in [0.5, 0.6) is 0 Å². The fraction of sp³-hybridized carbons (Fsp3) is 0.588. The number of carbonyl (C=O) groups is 1. The van der Waals surface area contributed by atoms with E-state index in [1.165, 1.54) is 5.82 Å². The molecular weight excluding hydrogens is 293 g/mol. The Bertz CT molecular complexity index is 685. The second-order valence-corrected chi connectivity index (χ2v) is 7.00. The van der Waals surface area contributed by atoms with Gasteiger partial charge in [0.1, 0.15) is 11.6 Å². The molecule has 2 aromatic rings. The maximum atomic E-state index is 11.6. The monoisotopic (exact) mass is 317 g/mol. The molecule has 1 atom stereocenters. The number of hydrogen-bond acceptors (Lipinski definition) is 3. The van der Waals surface area contributed by atoms with Gasteiger partial charge in [0, 0.05) is 24.2 Å². The van der Waals surface area contributed by atoms with Crippen LogP contribution in [-0.2, 0) is 4.79 Å². The number of nitrogens with zero attached hydrogens (tertiary/aromatic N) is 3. The van der Waals surface area contributed by atoms with Crippen LogP contribution in [0.2, 0.25) is 0 Å². The van der Waals surface area contributed by atoms with Gasteiger partial charge in [0.05, 0.1) is 16.6 Å². The lowest BCUT2D eigenvalue weighted by atomic mass is 9.84. The first-order valence-electron chi connectivity index (χ1n) is 8.17. The minimum atomic E-state index is 0.280. The van der Waals surface area contributed by atoms with Gasteiger partial charge in [0.15, 0.2) is 0 Å². The van der Waals surface area contributed by atoms with Crippen molar-refractivity contribution in [3.05, 3.63) is 23.9 Å². The largest absolute Gasteiger partial charge is 0.300 e. The molecule has 0 bridgehead atoms. The average molecular weight is 317 g/mol. The fourth-order valence-electron chi connectivity index (χ4n) is 3.73. The van der Waals surface area contributed by atoms with Gasteiger partial charge in [-0.25, -0.2) is 4.98 Å². The number of imidazole rings is 1. The lowest BCUT2D eigenvalue weighted by molar-refractivity contribution is -0.121. The van der Waals surface area contributed by atoms with Crippen molar-refractivity contribution < 1.29 is 4.79 Å². The zero-order valence-electron chi connectivity index (χ0n) is 13.4. The topological polar surface area (TPSA) is 47.3 Å². The van der Waals surface area contributed by atoms with Crippen LogP contribution in [0.25, 0.3) is 5.52 Å². The first-order valence-corrected chi connectivity index (χ1v) is 8.75. The molecule has 5 heteroatoms. The van der Waals surface area contributed by atoms with Gasteiger partial charge in [0.2, 0.25) is 0 Å². The molecule has 1 saturated carbocycles. The second-order valence-electron chi connectivity index (χ2n) is 6.45. The van der Waals surface area contributed by atoms with Crippen LogP contribution in [0.1, 0.15) is 62.9 Å². The number of aromatic nitrogens is 3. The zero-order valence-corrected chi connectivity index (χ0v) is 14.5. The highest BCUT2D eigenvalue weighted by Crippen LogP contribution is 2.33. The van der Waals surface area contributed by atoms with E-state index in [-0.39, 0.29) is 5.92 Å². The second kappa shape index (κ2) is 6.45. The molecule has 1 unspecified atom stereocenters. The number of carbonyl (C=O) groups excluding carboxylic acids is 1. The van der Waals surface area contributed by atoms with E-state index in [1.54, 1.807) is 6.92 Å². The van der Waals surface area contributed by atoms with E-state index < -0.39 is 0 Å². The number of Topliss-reactive ketones (excluding diaryl/α,β-unsaturated/α-hetero) is 1. The van der Waals surface area contributed by atoms with Crippen LogP contribution in [0.4, 0.5) is 0 Å². The summed E-state index contributed by atoms with van der Waals surface area (Å²) in [5, 5.41) is 0. The Labute approximate surface area is 133 Å². The van der Waals surface area contributed by atoms with Crippen LogP contribution in [-0.4, -0.2) is 20.2 Å². The molecular formula is C17H24N3OP. The Hall–Kier alpha value is -1.28. The van der Waals surface area contributed by atoms with Crippen molar-refractivity contribution in [2.45, 2.75) is 58.3 Å².